The molecule has 13 heavy (non-hydrogen) atoms. The number of unbranched alkanes of at least 4 members (excludes halogenated alkanes) is 2. The topological polar surface area (TPSA) is 29.5 Å². The SMILES string of the molecule is CCCCCN(C)C(=O)COCC. The molecule has 0 aliphatic rings. The average molecular weight is 187 g/mol. The third kappa shape index (κ3) is 6.58. The monoisotopic (exact) mass is 187 g/mol. The minimum absolute atomic E-state index is 0.0814. The molecule has 0 atom stereocenters. The molecule has 3 heteroatoms. The Morgan fingerprint density at radius 2 is 2.00 bits per heavy atom. The summed E-state index contributed by atoms with van der Waals surface area (Å²) in [4.78, 5) is 13.0. The molecule has 78 valence electrons. The summed E-state index contributed by atoms with van der Waals surface area (Å²) in [6.45, 7) is 5.72. The van der Waals surface area contributed by atoms with Crippen LogP contribution in [0.25, 0.3) is 0 Å². The van der Waals surface area contributed by atoms with Crippen LogP contribution in [0, 0.1) is 0 Å². The molecule has 0 unspecified atom stereocenters. The Balaban J connectivity index is 3.45. The van der Waals surface area contributed by atoms with Crippen molar-refractivity contribution in [3.63, 3.8) is 0 Å². The van der Waals surface area contributed by atoms with Gasteiger partial charge >= 0.3 is 0 Å². The maximum Gasteiger partial charge on any atom is 0.248 e. The predicted octanol–water partition coefficient (Wildman–Crippen LogP) is 1.67. The van der Waals surface area contributed by atoms with Crippen molar-refractivity contribution < 1.29 is 9.53 Å². The standard InChI is InChI=1S/C10H21NO2/c1-4-6-7-8-11(3)10(12)9-13-5-2/h4-9H2,1-3H3. The molecular formula is C10H21NO2. The Bertz CT molecular complexity index is 137. The second-order valence-corrected chi connectivity index (χ2v) is 3.16. The molecule has 0 aliphatic heterocycles. The zero-order chi connectivity index (χ0) is 10.1. The maximum atomic E-state index is 11.3. The number of rotatable bonds is 7. The molecule has 0 saturated heterocycles. The molecule has 0 heterocycles. The Kier molecular flexibility index (Phi) is 7.69. The molecule has 0 aliphatic carbocycles. The second kappa shape index (κ2) is 8.05. The van der Waals surface area contributed by atoms with Crippen LogP contribution >= 0.6 is 0 Å². The highest BCUT2D eigenvalue weighted by Gasteiger charge is 2.06. The van der Waals surface area contributed by atoms with E-state index >= 15 is 0 Å². The van der Waals surface area contributed by atoms with E-state index < -0.39 is 0 Å². The van der Waals surface area contributed by atoms with Crippen LogP contribution in [0.4, 0.5) is 0 Å². The first-order valence-corrected chi connectivity index (χ1v) is 5.04. The highest BCUT2D eigenvalue weighted by atomic mass is 16.5. The Hall–Kier alpha value is -0.570. The zero-order valence-electron chi connectivity index (χ0n) is 9.01. The number of amides is 1. The van der Waals surface area contributed by atoms with Crippen molar-refractivity contribution in [1.29, 1.82) is 0 Å². The van der Waals surface area contributed by atoms with Gasteiger partial charge in [-0.1, -0.05) is 19.8 Å². The van der Waals surface area contributed by atoms with Gasteiger partial charge in [0.05, 0.1) is 0 Å². The highest BCUT2D eigenvalue weighted by molar-refractivity contribution is 5.77. The van der Waals surface area contributed by atoms with Crippen LogP contribution in [-0.2, 0) is 9.53 Å². The first-order chi connectivity index (χ1) is 6.22. The molecule has 0 saturated carbocycles. The van der Waals surface area contributed by atoms with E-state index in [4.69, 9.17) is 4.74 Å². The lowest BCUT2D eigenvalue weighted by atomic mass is 10.2. The summed E-state index contributed by atoms with van der Waals surface area (Å²) in [6, 6.07) is 0. The molecule has 0 bridgehead atoms. The van der Waals surface area contributed by atoms with Crippen molar-refractivity contribution >= 4 is 5.91 Å². The summed E-state index contributed by atoms with van der Waals surface area (Å²) in [5.74, 6) is 0.0814. The minimum atomic E-state index is 0.0814. The number of carbonyl (C=O) groups is 1. The van der Waals surface area contributed by atoms with Gasteiger partial charge in [0.1, 0.15) is 6.61 Å². The van der Waals surface area contributed by atoms with Crippen molar-refractivity contribution in [2.75, 3.05) is 26.8 Å². The molecule has 0 spiro atoms. The molecule has 0 fully saturated rings. The van der Waals surface area contributed by atoms with E-state index in [1.54, 1.807) is 4.90 Å². The molecule has 0 aromatic rings. The smallest absolute Gasteiger partial charge is 0.248 e. The number of nitrogens with zero attached hydrogens (tertiary/aromatic N) is 1. The van der Waals surface area contributed by atoms with Crippen LogP contribution in [0.1, 0.15) is 33.1 Å². The van der Waals surface area contributed by atoms with Crippen LogP contribution in [-0.4, -0.2) is 37.6 Å². The van der Waals surface area contributed by atoms with Crippen LogP contribution in [0.2, 0.25) is 0 Å². The van der Waals surface area contributed by atoms with Crippen molar-refractivity contribution in [2.45, 2.75) is 33.1 Å². The van der Waals surface area contributed by atoms with Gasteiger partial charge in [0, 0.05) is 20.2 Å². The third-order valence-electron chi connectivity index (χ3n) is 1.95. The summed E-state index contributed by atoms with van der Waals surface area (Å²) in [6.07, 6.45) is 3.46. The lowest BCUT2D eigenvalue weighted by Gasteiger charge is -2.16. The van der Waals surface area contributed by atoms with Crippen molar-refractivity contribution in [3.8, 4) is 0 Å². The van der Waals surface area contributed by atoms with E-state index in [0.29, 0.717) is 6.61 Å². The van der Waals surface area contributed by atoms with Gasteiger partial charge in [-0.05, 0) is 13.3 Å². The van der Waals surface area contributed by atoms with E-state index in [9.17, 15) is 4.79 Å². The summed E-state index contributed by atoms with van der Waals surface area (Å²) >= 11 is 0. The number of hydrogen-bond donors (Lipinski definition) is 0. The quantitative estimate of drug-likeness (QED) is 0.567. The van der Waals surface area contributed by atoms with Gasteiger partial charge in [0.2, 0.25) is 5.91 Å². The first-order valence-electron chi connectivity index (χ1n) is 5.04. The van der Waals surface area contributed by atoms with Crippen LogP contribution in [0.3, 0.4) is 0 Å². The number of carbonyl (C=O) groups excluding carboxylic acids is 1. The minimum Gasteiger partial charge on any atom is -0.372 e. The van der Waals surface area contributed by atoms with Crippen LogP contribution in [0.15, 0.2) is 0 Å². The van der Waals surface area contributed by atoms with Gasteiger partial charge < -0.3 is 9.64 Å². The molecule has 0 N–H and O–H groups in total. The van der Waals surface area contributed by atoms with E-state index in [0.717, 1.165) is 13.0 Å². The predicted molar refractivity (Wildman–Crippen MR) is 53.7 cm³/mol. The normalized spacial score (nSPS) is 10.1. The van der Waals surface area contributed by atoms with E-state index in [-0.39, 0.29) is 12.5 Å². The lowest BCUT2D eigenvalue weighted by molar-refractivity contribution is -0.134. The average Bonchev–Trinajstić information content (AvgIpc) is 2.14. The van der Waals surface area contributed by atoms with E-state index in [2.05, 4.69) is 6.92 Å². The summed E-state index contributed by atoms with van der Waals surface area (Å²) in [5, 5.41) is 0. The van der Waals surface area contributed by atoms with Crippen molar-refractivity contribution in [1.82, 2.24) is 4.90 Å². The van der Waals surface area contributed by atoms with Crippen LogP contribution < -0.4 is 0 Å². The second-order valence-electron chi connectivity index (χ2n) is 3.16. The molecule has 0 rings (SSSR count). The summed E-state index contributed by atoms with van der Waals surface area (Å²) in [5.41, 5.74) is 0. The zero-order valence-corrected chi connectivity index (χ0v) is 9.01. The van der Waals surface area contributed by atoms with Gasteiger partial charge in [0.15, 0.2) is 0 Å². The van der Waals surface area contributed by atoms with Crippen molar-refractivity contribution in [2.24, 2.45) is 0 Å². The molecule has 0 radical (unpaired) electrons. The van der Waals surface area contributed by atoms with Gasteiger partial charge in [-0.15, -0.1) is 0 Å². The van der Waals surface area contributed by atoms with Gasteiger partial charge in [-0.3, -0.25) is 4.79 Å². The Labute approximate surface area is 81.1 Å². The largest absolute Gasteiger partial charge is 0.372 e. The summed E-state index contributed by atoms with van der Waals surface area (Å²) in [7, 11) is 1.83. The number of hydrogen-bond acceptors (Lipinski definition) is 2. The molecular weight excluding hydrogens is 166 g/mol. The summed E-state index contributed by atoms with van der Waals surface area (Å²) < 4.78 is 5.03. The van der Waals surface area contributed by atoms with Gasteiger partial charge in [0.25, 0.3) is 0 Å². The third-order valence-corrected chi connectivity index (χ3v) is 1.95. The number of likely N-dealkylation sites (N-methyl/N-ethyl adjacent to an activating group) is 1. The van der Waals surface area contributed by atoms with E-state index in [1.807, 2.05) is 14.0 Å². The molecule has 0 aromatic heterocycles. The fourth-order valence-corrected chi connectivity index (χ4v) is 1.02. The Morgan fingerprint density at radius 1 is 1.31 bits per heavy atom. The maximum absolute atomic E-state index is 11.3. The van der Waals surface area contributed by atoms with Crippen LogP contribution in [0.5, 0.6) is 0 Å². The highest BCUT2D eigenvalue weighted by Crippen LogP contribution is 1.96. The van der Waals surface area contributed by atoms with Gasteiger partial charge in [-0.2, -0.15) is 0 Å². The lowest BCUT2D eigenvalue weighted by Crippen LogP contribution is -2.31. The molecule has 0 aromatic carbocycles. The fraction of sp³-hybridized carbons (Fsp3) is 0.900. The Morgan fingerprint density at radius 3 is 2.54 bits per heavy atom. The molecule has 1 amide bonds. The molecule has 3 nitrogen and oxygen atoms in total. The van der Waals surface area contributed by atoms with Crippen molar-refractivity contribution in [3.05, 3.63) is 0 Å². The van der Waals surface area contributed by atoms with Gasteiger partial charge in [-0.25, -0.2) is 0 Å². The van der Waals surface area contributed by atoms with E-state index in [1.165, 1.54) is 12.8 Å². The first kappa shape index (κ1) is 12.4. The fourth-order valence-electron chi connectivity index (χ4n) is 1.02. The number of ether oxygens (including phenoxy) is 1.